The Morgan fingerprint density at radius 2 is 2.04 bits per heavy atom. The predicted molar refractivity (Wildman–Crippen MR) is 100 cm³/mol. The van der Waals surface area contributed by atoms with Crippen LogP contribution in [-0.4, -0.2) is 56.0 Å². The van der Waals surface area contributed by atoms with Gasteiger partial charge in [-0.1, -0.05) is 0 Å². The fourth-order valence-corrected chi connectivity index (χ4v) is 4.22. The zero-order chi connectivity index (χ0) is 19.0. The van der Waals surface area contributed by atoms with E-state index in [0.717, 1.165) is 44.0 Å². The van der Waals surface area contributed by atoms with E-state index < -0.39 is 0 Å². The van der Waals surface area contributed by atoms with Gasteiger partial charge >= 0.3 is 5.69 Å². The molecule has 3 fully saturated rings. The molecule has 3 saturated heterocycles. The van der Waals surface area contributed by atoms with Crippen molar-refractivity contribution >= 4 is 11.7 Å². The molecule has 5 rings (SSSR count). The van der Waals surface area contributed by atoms with E-state index in [-0.39, 0.29) is 24.2 Å². The van der Waals surface area contributed by atoms with Crippen LogP contribution in [0.5, 0.6) is 0 Å². The molecule has 0 aromatic carbocycles. The normalized spacial score (nSPS) is 22.0. The molecule has 8 heteroatoms. The molecule has 0 saturated carbocycles. The molecule has 27 heavy (non-hydrogen) atoms. The van der Waals surface area contributed by atoms with Crippen LogP contribution >= 0.6 is 0 Å². The molecule has 1 amide bonds. The maximum Gasteiger partial charge on any atom is 0.348 e. The number of rotatable bonds is 3. The van der Waals surface area contributed by atoms with Crippen molar-refractivity contribution in [1.29, 1.82) is 0 Å². The number of carbonyl (C=O) groups is 1. The summed E-state index contributed by atoms with van der Waals surface area (Å²) in [6.07, 6.45) is 7.23. The molecule has 3 aliphatic heterocycles. The number of carbonyl (C=O) groups excluding carboxylic acids is 1. The summed E-state index contributed by atoms with van der Waals surface area (Å²) in [5.74, 6) is 1.25. The minimum Gasteiger partial charge on any atom is -0.353 e. The van der Waals surface area contributed by atoms with E-state index in [1.807, 2.05) is 17.9 Å². The van der Waals surface area contributed by atoms with Gasteiger partial charge in [0.2, 0.25) is 5.91 Å². The lowest BCUT2D eigenvalue weighted by atomic mass is 9.95. The van der Waals surface area contributed by atoms with Gasteiger partial charge in [0, 0.05) is 49.5 Å². The van der Waals surface area contributed by atoms with Crippen LogP contribution in [0, 0.1) is 19.8 Å². The van der Waals surface area contributed by atoms with Crippen molar-refractivity contribution < 1.29 is 4.79 Å². The summed E-state index contributed by atoms with van der Waals surface area (Å²) in [6, 6.07) is 1.96. The van der Waals surface area contributed by atoms with E-state index in [1.54, 1.807) is 25.5 Å². The first-order valence-electron chi connectivity index (χ1n) is 9.37. The fraction of sp³-hybridized carbons (Fsp3) is 0.526. The largest absolute Gasteiger partial charge is 0.353 e. The van der Waals surface area contributed by atoms with Crippen LogP contribution in [0.1, 0.15) is 24.2 Å². The van der Waals surface area contributed by atoms with Crippen molar-refractivity contribution in [3.63, 3.8) is 0 Å². The third kappa shape index (κ3) is 3.56. The second-order valence-corrected chi connectivity index (χ2v) is 7.52. The summed E-state index contributed by atoms with van der Waals surface area (Å²) in [5, 5.41) is 0. The average molecular weight is 368 g/mol. The minimum atomic E-state index is -0.359. The van der Waals surface area contributed by atoms with Gasteiger partial charge in [-0.25, -0.2) is 9.78 Å². The van der Waals surface area contributed by atoms with Crippen LogP contribution in [0.15, 0.2) is 29.5 Å². The van der Waals surface area contributed by atoms with Gasteiger partial charge in [0.25, 0.3) is 0 Å². The quantitative estimate of drug-likeness (QED) is 0.796. The highest BCUT2D eigenvalue weighted by atomic mass is 16.2. The molecular formula is C19H24N6O2. The SMILES string of the molecule is Cc1cc(C)n(CC(=O)N2C[C@H]3CC[C@@H]2CN(c2cnccn2)C3)c(=O)n1. The Bertz CT molecular complexity index is 897. The Hall–Kier alpha value is -2.77. The van der Waals surface area contributed by atoms with E-state index in [2.05, 4.69) is 19.9 Å². The Balaban J connectivity index is 1.53. The molecule has 2 atom stereocenters. The Kier molecular flexibility index (Phi) is 4.63. The first kappa shape index (κ1) is 17.6. The number of aryl methyl sites for hydroxylation is 2. The molecule has 0 unspecified atom stereocenters. The van der Waals surface area contributed by atoms with Gasteiger partial charge in [0.05, 0.1) is 6.20 Å². The monoisotopic (exact) mass is 368 g/mol. The molecule has 2 aromatic heterocycles. The molecule has 0 spiro atoms. The molecule has 3 aliphatic rings. The Morgan fingerprint density at radius 1 is 1.19 bits per heavy atom. The smallest absolute Gasteiger partial charge is 0.348 e. The molecular weight excluding hydrogens is 344 g/mol. The molecule has 5 heterocycles. The van der Waals surface area contributed by atoms with Crippen molar-refractivity contribution in [2.45, 2.75) is 39.3 Å². The van der Waals surface area contributed by atoms with Gasteiger partial charge < -0.3 is 9.80 Å². The molecule has 8 nitrogen and oxygen atoms in total. The van der Waals surface area contributed by atoms with E-state index >= 15 is 0 Å². The molecule has 142 valence electrons. The third-order valence-electron chi connectivity index (χ3n) is 5.55. The van der Waals surface area contributed by atoms with E-state index in [0.29, 0.717) is 11.6 Å². The molecule has 2 aromatic rings. The Labute approximate surface area is 157 Å². The van der Waals surface area contributed by atoms with E-state index in [4.69, 9.17) is 0 Å². The van der Waals surface area contributed by atoms with Gasteiger partial charge in [0.15, 0.2) is 0 Å². The number of piperidine rings is 1. The highest BCUT2D eigenvalue weighted by molar-refractivity contribution is 5.76. The second-order valence-electron chi connectivity index (χ2n) is 7.52. The number of nitrogens with zero attached hydrogens (tertiary/aromatic N) is 6. The van der Waals surface area contributed by atoms with Gasteiger partial charge in [-0.05, 0) is 38.7 Å². The van der Waals surface area contributed by atoms with Crippen LogP contribution in [0.4, 0.5) is 5.82 Å². The van der Waals surface area contributed by atoms with Gasteiger partial charge in [-0.15, -0.1) is 0 Å². The Morgan fingerprint density at radius 3 is 2.78 bits per heavy atom. The van der Waals surface area contributed by atoms with E-state index in [9.17, 15) is 9.59 Å². The molecule has 0 N–H and O–H groups in total. The third-order valence-corrected chi connectivity index (χ3v) is 5.55. The summed E-state index contributed by atoms with van der Waals surface area (Å²) < 4.78 is 1.47. The minimum absolute atomic E-state index is 0.0125. The number of anilines is 1. The molecule has 2 bridgehead atoms. The van der Waals surface area contributed by atoms with Gasteiger partial charge in [-0.3, -0.25) is 14.3 Å². The zero-order valence-corrected chi connectivity index (χ0v) is 15.7. The fourth-order valence-electron chi connectivity index (χ4n) is 4.22. The lowest BCUT2D eigenvalue weighted by molar-refractivity contribution is -0.135. The maximum absolute atomic E-state index is 13.0. The summed E-state index contributed by atoms with van der Waals surface area (Å²) in [6.45, 7) is 6.04. The summed E-state index contributed by atoms with van der Waals surface area (Å²) in [7, 11) is 0. The van der Waals surface area contributed by atoms with Gasteiger partial charge in [-0.2, -0.15) is 4.98 Å². The predicted octanol–water partition coefficient (Wildman–Crippen LogP) is 0.778. The number of hydrogen-bond donors (Lipinski definition) is 0. The topological polar surface area (TPSA) is 84.2 Å². The van der Waals surface area contributed by atoms with Crippen LogP contribution in [0.25, 0.3) is 0 Å². The lowest BCUT2D eigenvalue weighted by Gasteiger charge is -2.36. The van der Waals surface area contributed by atoms with Crippen molar-refractivity contribution in [2.75, 3.05) is 24.5 Å². The van der Waals surface area contributed by atoms with Crippen molar-refractivity contribution in [2.24, 2.45) is 5.92 Å². The van der Waals surface area contributed by atoms with Gasteiger partial charge in [0.1, 0.15) is 12.4 Å². The van der Waals surface area contributed by atoms with Crippen LogP contribution in [0.3, 0.4) is 0 Å². The van der Waals surface area contributed by atoms with Crippen LogP contribution < -0.4 is 10.6 Å². The molecule has 0 aliphatic carbocycles. The summed E-state index contributed by atoms with van der Waals surface area (Å²) in [5.41, 5.74) is 1.08. The van der Waals surface area contributed by atoms with Crippen molar-refractivity contribution in [3.8, 4) is 0 Å². The molecule has 0 radical (unpaired) electrons. The highest BCUT2D eigenvalue weighted by Gasteiger charge is 2.37. The lowest BCUT2D eigenvalue weighted by Crippen LogP contribution is -2.49. The van der Waals surface area contributed by atoms with Crippen molar-refractivity contribution in [3.05, 3.63) is 46.5 Å². The summed E-state index contributed by atoms with van der Waals surface area (Å²) >= 11 is 0. The number of fused-ring (bicyclic) bond motifs is 4. The number of hydrogen-bond acceptors (Lipinski definition) is 6. The summed E-state index contributed by atoms with van der Waals surface area (Å²) in [4.78, 5) is 42.0. The highest BCUT2D eigenvalue weighted by Crippen LogP contribution is 2.30. The second kappa shape index (κ2) is 7.09. The first-order valence-corrected chi connectivity index (χ1v) is 9.37. The van der Waals surface area contributed by atoms with Crippen LogP contribution in [-0.2, 0) is 11.3 Å². The van der Waals surface area contributed by atoms with Crippen LogP contribution in [0.2, 0.25) is 0 Å². The zero-order valence-electron chi connectivity index (χ0n) is 15.7. The first-order chi connectivity index (χ1) is 13.0. The standard InChI is InChI=1S/C19H24N6O2/c1-13-7-14(2)24(19(27)22-13)12-18(26)25-10-15-3-4-16(25)11-23(9-15)17-8-20-5-6-21-17/h5-8,15-16H,3-4,9-12H2,1-2H3/t15-,16+/m0/s1. The number of amides is 1. The van der Waals surface area contributed by atoms with Crippen molar-refractivity contribution in [1.82, 2.24) is 24.4 Å². The number of aromatic nitrogens is 4. The van der Waals surface area contributed by atoms with E-state index in [1.165, 1.54) is 4.57 Å². The average Bonchev–Trinajstić information content (AvgIpc) is 2.97. The maximum atomic E-state index is 13.0.